The van der Waals surface area contributed by atoms with E-state index >= 15 is 0 Å². The third-order valence-corrected chi connectivity index (χ3v) is 13.7. The highest BCUT2D eigenvalue weighted by molar-refractivity contribution is 6.89. The van der Waals surface area contributed by atoms with E-state index in [0.29, 0.717) is 23.5 Å². The first-order valence-corrected chi connectivity index (χ1v) is 21.8. The van der Waals surface area contributed by atoms with Crippen molar-refractivity contribution in [2.45, 2.75) is 90.9 Å². The maximum absolute atomic E-state index is 6.68. The van der Waals surface area contributed by atoms with Crippen LogP contribution in [0.15, 0.2) is 96.3 Å². The van der Waals surface area contributed by atoms with Gasteiger partial charge in [0.1, 0.15) is 0 Å². The van der Waals surface area contributed by atoms with Gasteiger partial charge in [0.05, 0.1) is 20.1 Å². The molecule has 0 saturated carbocycles. The van der Waals surface area contributed by atoms with Crippen LogP contribution in [0.1, 0.15) is 80.7 Å². The molecule has 0 aliphatic carbocycles. The van der Waals surface area contributed by atoms with Crippen molar-refractivity contribution in [2.24, 2.45) is 5.92 Å². The first-order valence-electron chi connectivity index (χ1n) is 18.3. The molecule has 6 aromatic rings. The van der Waals surface area contributed by atoms with E-state index < -0.39 is 8.07 Å². The maximum Gasteiger partial charge on any atom is 0.227 e. The Balaban J connectivity index is 1.39. The lowest BCUT2D eigenvalue weighted by Gasteiger charge is -2.33. The van der Waals surface area contributed by atoms with E-state index in [-0.39, 0.29) is 6.04 Å². The molecule has 5 heteroatoms. The largest absolute Gasteiger partial charge is 0.437 e. The van der Waals surface area contributed by atoms with E-state index in [0.717, 1.165) is 47.7 Å². The number of nitrogens with zero attached hydrogens (tertiary/aromatic N) is 3. The molecule has 4 aromatic heterocycles. The van der Waals surface area contributed by atoms with Crippen molar-refractivity contribution in [2.75, 3.05) is 0 Å². The summed E-state index contributed by atoms with van der Waals surface area (Å²) < 4.78 is 11.7. The van der Waals surface area contributed by atoms with Crippen LogP contribution in [0.25, 0.3) is 50.3 Å². The van der Waals surface area contributed by atoms with Gasteiger partial charge in [-0.3, -0.25) is 0 Å². The topological polar surface area (TPSA) is 33.8 Å². The standard InChI is InChI=1S/C44H49N3OSi/c1-9-30-24-39-34-14-11-10-13-33(34)35-18-16-31-17-19-36-37-15-12-21-45-44(37)48-43(36)42(31)40-25-32(29(5)27(2)3)20-22-46(40)28(4)23-38(35)47(39)26-41(30)49(6,7)8/h10-15,17,19-22,24-27,29,35,38H,4,9,16,18,23H2,1-3,5-8H3/q+2. The van der Waals surface area contributed by atoms with Crippen LogP contribution in [-0.4, -0.2) is 13.1 Å². The van der Waals surface area contributed by atoms with Crippen molar-refractivity contribution in [3.63, 3.8) is 0 Å². The van der Waals surface area contributed by atoms with Crippen LogP contribution < -0.4 is 14.3 Å². The zero-order chi connectivity index (χ0) is 34.2. The Kier molecular flexibility index (Phi) is 7.75. The summed E-state index contributed by atoms with van der Waals surface area (Å²) in [5.41, 5.74) is 13.4. The summed E-state index contributed by atoms with van der Waals surface area (Å²) in [4.78, 5) is 4.63. The van der Waals surface area contributed by atoms with Gasteiger partial charge in [0.15, 0.2) is 29.7 Å². The van der Waals surface area contributed by atoms with E-state index in [2.05, 4.69) is 135 Å². The lowest BCUT2D eigenvalue weighted by atomic mass is 9.77. The molecule has 0 bridgehead atoms. The van der Waals surface area contributed by atoms with E-state index in [1.165, 1.54) is 44.8 Å². The van der Waals surface area contributed by atoms with Gasteiger partial charge >= 0.3 is 0 Å². The maximum atomic E-state index is 6.68. The number of pyridine rings is 3. The summed E-state index contributed by atoms with van der Waals surface area (Å²) in [5.74, 6) is 1.29. The Labute approximate surface area is 292 Å². The predicted molar refractivity (Wildman–Crippen MR) is 205 cm³/mol. The SMILES string of the molecule is C=C1CC2C(CCc3ccc4c(oc5ncccc54)c3-c3cc(C(C)C(C)C)cc[n+]31)c1ccccc1-c1cc(CC)c([Si](C)(C)C)c[n+]12. The number of rotatable bonds is 4. The molecule has 3 atom stereocenters. The summed E-state index contributed by atoms with van der Waals surface area (Å²) in [6.45, 7) is 21.6. The molecule has 0 fully saturated rings. The molecule has 2 aliphatic heterocycles. The normalized spacial score (nSPS) is 18.1. The summed E-state index contributed by atoms with van der Waals surface area (Å²) >= 11 is 0. The Morgan fingerprint density at radius 2 is 1.78 bits per heavy atom. The van der Waals surface area contributed by atoms with Gasteiger partial charge in [0.25, 0.3) is 0 Å². The second-order valence-corrected chi connectivity index (χ2v) is 20.9. The zero-order valence-electron chi connectivity index (χ0n) is 30.2. The highest BCUT2D eigenvalue weighted by atomic mass is 28.3. The van der Waals surface area contributed by atoms with Crippen LogP contribution in [0, 0.1) is 5.92 Å². The number of aromatic nitrogens is 3. The quantitative estimate of drug-likeness (QED) is 0.139. The predicted octanol–water partition coefficient (Wildman–Crippen LogP) is 9.90. The molecule has 0 saturated heterocycles. The molecule has 0 spiro atoms. The summed E-state index contributed by atoms with van der Waals surface area (Å²) in [7, 11) is -1.60. The third-order valence-electron chi connectivity index (χ3n) is 11.6. The molecule has 6 heterocycles. The second-order valence-electron chi connectivity index (χ2n) is 15.9. The van der Waals surface area contributed by atoms with Crippen molar-refractivity contribution in [3.05, 3.63) is 114 Å². The minimum absolute atomic E-state index is 0.258. The van der Waals surface area contributed by atoms with Crippen molar-refractivity contribution in [3.8, 4) is 22.5 Å². The van der Waals surface area contributed by atoms with E-state index in [4.69, 9.17) is 11.0 Å². The fourth-order valence-electron chi connectivity index (χ4n) is 8.62. The molecule has 4 nitrogen and oxygen atoms in total. The third kappa shape index (κ3) is 5.20. The number of hydrogen-bond donors (Lipinski definition) is 0. The molecule has 0 N–H and O–H groups in total. The van der Waals surface area contributed by atoms with Crippen molar-refractivity contribution >= 4 is 41.0 Å². The van der Waals surface area contributed by atoms with Crippen molar-refractivity contribution in [1.82, 2.24) is 4.98 Å². The monoisotopic (exact) mass is 663 g/mol. The van der Waals surface area contributed by atoms with Gasteiger partial charge in [0.2, 0.25) is 17.1 Å². The van der Waals surface area contributed by atoms with Crippen LogP contribution in [0.5, 0.6) is 0 Å². The van der Waals surface area contributed by atoms with Crippen LogP contribution in [0.3, 0.4) is 0 Å². The van der Waals surface area contributed by atoms with Gasteiger partial charge < -0.3 is 4.42 Å². The highest BCUT2D eigenvalue weighted by Crippen LogP contribution is 2.46. The number of hydrogen-bond acceptors (Lipinski definition) is 2. The number of allylic oxidation sites excluding steroid dienone is 1. The molecule has 2 aromatic carbocycles. The smallest absolute Gasteiger partial charge is 0.227 e. The van der Waals surface area contributed by atoms with Crippen LogP contribution in [0.4, 0.5) is 0 Å². The molecule has 2 aliphatic rings. The molecule has 0 amide bonds. The number of furan rings is 1. The van der Waals surface area contributed by atoms with Gasteiger partial charge in [-0.25, -0.2) is 4.98 Å². The van der Waals surface area contributed by atoms with Crippen molar-refractivity contribution < 1.29 is 13.6 Å². The van der Waals surface area contributed by atoms with Gasteiger partial charge in [-0.2, -0.15) is 9.13 Å². The Morgan fingerprint density at radius 3 is 2.55 bits per heavy atom. The molecular formula is C44H49N3OSi+2. The average molecular weight is 664 g/mol. The lowest BCUT2D eigenvalue weighted by Crippen LogP contribution is -2.54. The minimum atomic E-state index is -1.60. The molecular weight excluding hydrogens is 615 g/mol. The number of aryl methyl sites for hydroxylation is 2. The van der Waals surface area contributed by atoms with Gasteiger partial charge in [-0.15, -0.1) is 0 Å². The van der Waals surface area contributed by atoms with Gasteiger partial charge in [-0.1, -0.05) is 77.7 Å². The first kappa shape index (κ1) is 31.9. The molecule has 0 radical (unpaired) electrons. The fraction of sp³-hybridized carbons (Fsp3) is 0.341. The average Bonchev–Trinajstić information content (AvgIpc) is 3.48. The Hall–Kier alpha value is -4.35. The minimum Gasteiger partial charge on any atom is -0.437 e. The lowest BCUT2D eigenvalue weighted by molar-refractivity contribution is -0.719. The molecule has 248 valence electrons. The number of benzene rings is 2. The van der Waals surface area contributed by atoms with Crippen molar-refractivity contribution in [1.29, 1.82) is 0 Å². The van der Waals surface area contributed by atoms with Crippen LogP contribution in [-0.2, 0) is 12.8 Å². The second kappa shape index (κ2) is 11.9. The molecule has 49 heavy (non-hydrogen) atoms. The van der Waals surface area contributed by atoms with Gasteiger partial charge in [0, 0.05) is 51.8 Å². The molecule has 3 unspecified atom stereocenters. The zero-order valence-corrected chi connectivity index (χ0v) is 31.2. The van der Waals surface area contributed by atoms with Crippen LogP contribution in [0.2, 0.25) is 19.6 Å². The van der Waals surface area contributed by atoms with Crippen LogP contribution >= 0.6 is 0 Å². The first-order chi connectivity index (χ1) is 23.5. The van der Waals surface area contributed by atoms with E-state index in [9.17, 15) is 0 Å². The number of fused-ring (bicyclic) bond motifs is 13. The summed E-state index contributed by atoms with van der Waals surface area (Å²) in [6.07, 6.45) is 10.6. The summed E-state index contributed by atoms with van der Waals surface area (Å²) in [5, 5.41) is 3.76. The fourth-order valence-corrected chi connectivity index (χ4v) is 10.4. The molecule has 8 rings (SSSR count). The van der Waals surface area contributed by atoms with E-state index in [1.807, 2.05) is 12.3 Å². The van der Waals surface area contributed by atoms with Gasteiger partial charge in [-0.05, 0) is 78.1 Å². The Bertz CT molecular complexity index is 2270. The highest BCUT2D eigenvalue weighted by Gasteiger charge is 2.44. The Morgan fingerprint density at radius 1 is 0.959 bits per heavy atom. The summed E-state index contributed by atoms with van der Waals surface area (Å²) in [6, 6.07) is 25.4. The van der Waals surface area contributed by atoms with E-state index in [1.54, 1.807) is 5.19 Å².